The van der Waals surface area contributed by atoms with E-state index in [4.69, 9.17) is 4.99 Å². The molecule has 27 heavy (non-hydrogen) atoms. The topological polar surface area (TPSA) is 57.5 Å². The molecule has 3 rings (SSSR count). The fourth-order valence-corrected chi connectivity index (χ4v) is 3.47. The molecule has 1 atom stereocenters. The number of rotatable bonds is 7. The molecule has 146 valence electrons. The maximum Gasteiger partial charge on any atom is 0.191 e. The Morgan fingerprint density at radius 3 is 2.85 bits per heavy atom. The van der Waals surface area contributed by atoms with Crippen molar-refractivity contribution in [2.45, 2.75) is 46.3 Å². The van der Waals surface area contributed by atoms with E-state index in [0.29, 0.717) is 18.5 Å². The first-order chi connectivity index (χ1) is 13.2. The van der Waals surface area contributed by atoms with Crippen LogP contribution in [0.25, 0.3) is 0 Å². The van der Waals surface area contributed by atoms with Crippen LogP contribution in [0.1, 0.15) is 33.0 Å². The molecule has 1 aliphatic heterocycles. The molecule has 0 aliphatic carbocycles. The van der Waals surface area contributed by atoms with Gasteiger partial charge in [-0.1, -0.05) is 32.0 Å². The largest absolute Gasteiger partial charge is 0.369 e. The van der Waals surface area contributed by atoms with Crippen molar-refractivity contribution in [3.8, 4) is 0 Å². The zero-order valence-corrected chi connectivity index (χ0v) is 16.7. The number of hydrogen-bond donors (Lipinski definition) is 2. The predicted molar refractivity (Wildman–Crippen MR) is 112 cm³/mol. The van der Waals surface area contributed by atoms with E-state index in [0.717, 1.165) is 44.4 Å². The van der Waals surface area contributed by atoms with Crippen molar-refractivity contribution < 1.29 is 0 Å². The van der Waals surface area contributed by atoms with Crippen LogP contribution in [0.5, 0.6) is 0 Å². The van der Waals surface area contributed by atoms with E-state index in [1.54, 1.807) is 0 Å². The number of nitrogens with one attached hydrogen (secondary N) is 2. The third kappa shape index (κ3) is 5.49. The second-order valence-electron chi connectivity index (χ2n) is 7.50. The van der Waals surface area contributed by atoms with E-state index < -0.39 is 0 Å². The smallest absolute Gasteiger partial charge is 0.191 e. The number of guanidine groups is 1. The van der Waals surface area contributed by atoms with Crippen LogP contribution in [-0.2, 0) is 13.1 Å². The third-order valence-electron chi connectivity index (χ3n) is 4.74. The first kappa shape index (κ1) is 19.3. The van der Waals surface area contributed by atoms with Gasteiger partial charge < -0.3 is 20.1 Å². The minimum absolute atomic E-state index is 0.401. The summed E-state index contributed by atoms with van der Waals surface area (Å²) >= 11 is 0. The monoisotopic (exact) mass is 368 g/mol. The van der Waals surface area contributed by atoms with Gasteiger partial charge in [0.15, 0.2) is 5.96 Å². The Balaban J connectivity index is 1.59. The molecule has 0 amide bonds. The fourth-order valence-electron chi connectivity index (χ4n) is 3.47. The van der Waals surface area contributed by atoms with Crippen molar-refractivity contribution in [3.63, 3.8) is 0 Å². The minimum atomic E-state index is 0.401. The highest BCUT2D eigenvalue weighted by atomic mass is 15.2. The Morgan fingerprint density at radius 1 is 1.30 bits per heavy atom. The quantitative estimate of drug-likeness (QED) is 0.583. The molecule has 6 nitrogen and oxygen atoms in total. The summed E-state index contributed by atoms with van der Waals surface area (Å²) in [6.45, 7) is 11.0. The summed E-state index contributed by atoms with van der Waals surface area (Å²) in [5.41, 5.74) is 1.29. The number of benzene rings is 1. The summed E-state index contributed by atoms with van der Waals surface area (Å²) in [6.07, 6.45) is 5.02. The van der Waals surface area contributed by atoms with Crippen LogP contribution in [0, 0.1) is 5.92 Å². The zero-order valence-electron chi connectivity index (χ0n) is 16.7. The van der Waals surface area contributed by atoms with Gasteiger partial charge in [0.2, 0.25) is 0 Å². The maximum absolute atomic E-state index is 4.78. The van der Waals surface area contributed by atoms with E-state index in [2.05, 4.69) is 76.2 Å². The average molecular weight is 369 g/mol. The van der Waals surface area contributed by atoms with E-state index in [1.165, 1.54) is 5.69 Å². The normalized spacial score (nSPS) is 17.6. The Morgan fingerprint density at radius 2 is 2.11 bits per heavy atom. The number of aromatic nitrogens is 2. The first-order valence-electron chi connectivity index (χ1n) is 10.0. The lowest BCUT2D eigenvalue weighted by Crippen LogP contribution is -2.44. The van der Waals surface area contributed by atoms with Crippen LogP contribution in [-0.4, -0.2) is 41.2 Å². The van der Waals surface area contributed by atoms with Gasteiger partial charge in [0.05, 0.1) is 0 Å². The van der Waals surface area contributed by atoms with Crippen LogP contribution in [0.2, 0.25) is 0 Å². The molecule has 2 N–H and O–H groups in total. The van der Waals surface area contributed by atoms with E-state index in [-0.39, 0.29) is 0 Å². The number of anilines is 1. The lowest BCUT2D eigenvalue weighted by molar-refractivity contribution is 0.507. The molecule has 1 saturated heterocycles. The number of imidazole rings is 1. The third-order valence-corrected chi connectivity index (χ3v) is 4.74. The lowest BCUT2D eigenvalue weighted by Gasteiger charge is -2.20. The van der Waals surface area contributed by atoms with Gasteiger partial charge in [-0.05, 0) is 31.4 Å². The molecule has 1 aliphatic rings. The van der Waals surface area contributed by atoms with Crippen LogP contribution < -0.4 is 15.5 Å². The summed E-state index contributed by atoms with van der Waals surface area (Å²) < 4.78 is 2.20. The number of para-hydroxylation sites is 1. The van der Waals surface area contributed by atoms with Gasteiger partial charge in [-0.25, -0.2) is 9.98 Å². The first-order valence-corrected chi connectivity index (χ1v) is 10.0. The highest BCUT2D eigenvalue weighted by Crippen LogP contribution is 2.19. The molecule has 1 aromatic carbocycles. The summed E-state index contributed by atoms with van der Waals surface area (Å²) in [5, 5.41) is 6.97. The van der Waals surface area contributed by atoms with Gasteiger partial charge in [0.1, 0.15) is 12.4 Å². The fraction of sp³-hybridized carbons (Fsp3) is 0.524. The summed E-state index contributed by atoms with van der Waals surface area (Å²) in [6, 6.07) is 11.0. The van der Waals surface area contributed by atoms with Gasteiger partial charge in [-0.2, -0.15) is 0 Å². The molecule has 2 aromatic rings. The lowest BCUT2D eigenvalue weighted by atomic mass is 10.2. The summed E-state index contributed by atoms with van der Waals surface area (Å²) in [7, 11) is 0. The summed E-state index contributed by atoms with van der Waals surface area (Å²) in [4.78, 5) is 11.7. The van der Waals surface area contributed by atoms with Crippen molar-refractivity contribution in [2.24, 2.45) is 10.9 Å². The highest BCUT2D eigenvalue weighted by Gasteiger charge is 2.23. The Bertz CT molecular complexity index is 721. The SMILES string of the molecule is CCNC(=NCc1nccn1CC(C)C)NC1CCN(c2ccccc2)C1. The van der Waals surface area contributed by atoms with E-state index in [9.17, 15) is 0 Å². The average Bonchev–Trinajstić information content (AvgIpc) is 3.30. The van der Waals surface area contributed by atoms with Crippen LogP contribution in [0.15, 0.2) is 47.7 Å². The highest BCUT2D eigenvalue weighted by molar-refractivity contribution is 5.80. The van der Waals surface area contributed by atoms with Gasteiger partial charge >= 0.3 is 0 Å². The van der Waals surface area contributed by atoms with Crippen molar-refractivity contribution in [2.75, 3.05) is 24.5 Å². The van der Waals surface area contributed by atoms with Crippen LogP contribution in [0.3, 0.4) is 0 Å². The molecule has 6 heteroatoms. The standard InChI is InChI=1S/C21H32N6/c1-4-22-21(24-14-20-23-11-13-27(20)15-17(2)3)25-18-10-12-26(16-18)19-8-6-5-7-9-19/h5-9,11,13,17-18H,4,10,12,14-16H2,1-3H3,(H2,22,24,25). The van der Waals surface area contributed by atoms with Crippen molar-refractivity contribution >= 4 is 11.6 Å². The molecule has 2 heterocycles. The Hall–Kier alpha value is -2.50. The number of hydrogen-bond acceptors (Lipinski definition) is 3. The minimum Gasteiger partial charge on any atom is -0.369 e. The van der Waals surface area contributed by atoms with Crippen LogP contribution >= 0.6 is 0 Å². The van der Waals surface area contributed by atoms with Gasteiger partial charge in [-0.3, -0.25) is 0 Å². The molecule has 0 saturated carbocycles. The Kier molecular flexibility index (Phi) is 6.74. The molecule has 0 bridgehead atoms. The molecular formula is C21H32N6. The molecule has 1 unspecified atom stereocenters. The second-order valence-corrected chi connectivity index (χ2v) is 7.50. The molecule has 0 radical (unpaired) electrons. The maximum atomic E-state index is 4.78. The molecule has 0 spiro atoms. The van der Waals surface area contributed by atoms with Crippen molar-refractivity contribution in [1.82, 2.24) is 20.2 Å². The van der Waals surface area contributed by atoms with Gasteiger partial charge in [0, 0.05) is 50.3 Å². The van der Waals surface area contributed by atoms with Gasteiger partial charge in [-0.15, -0.1) is 0 Å². The van der Waals surface area contributed by atoms with Crippen molar-refractivity contribution in [3.05, 3.63) is 48.5 Å². The Labute approximate surface area is 162 Å². The molecule has 1 fully saturated rings. The second kappa shape index (κ2) is 9.44. The van der Waals surface area contributed by atoms with Crippen LogP contribution in [0.4, 0.5) is 5.69 Å². The zero-order chi connectivity index (χ0) is 19.1. The molecular weight excluding hydrogens is 336 g/mol. The van der Waals surface area contributed by atoms with Gasteiger partial charge in [0.25, 0.3) is 0 Å². The van der Waals surface area contributed by atoms with E-state index in [1.807, 2.05) is 12.4 Å². The number of aliphatic imine (C=N–C) groups is 1. The van der Waals surface area contributed by atoms with Crippen molar-refractivity contribution in [1.29, 1.82) is 0 Å². The number of nitrogens with zero attached hydrogens (tertiary/aromatic N) is 4. The predicted octanol–water partition coefficient (Wildman–Crippen LogP) is 2.87. The molecule has 1 aromatic heterocycles. The summed E-state index contributed by atoms with van der Waals surface area (Å²) in [5.74, 6) is 2.48. The van der Waals surface area contributed by atoms with E-state index >= 15 is 0 Å².